The Morgan fingerprint density at radius 2 is 1.41 bits per heavy atom. The van der Waals surface area contributed by atoms with Gasteiger partial charge in [0.25, 0.3) is 5.91 Å². The molecule has 1 amide bonds. The first-order chi connectivity index (χ1) is 16.7. The monoisotopic (exact) mass is 453 g/mol. The third kappa shape index (κ3) is 5.62. The van der Waals surface area contributed by atoms with E-state index in [2.05, 4.69) is 6.92 Å². The molecule has 0 saturated carbocycles. The van der Waals surface area contributed by atoms with Crippen LogP contribution in [0.2, 0.25) is 0 Å². The van der Waals surface area contributed by atoms with E-state index in [4.69, 9.17) is 9.47 Å². The van der Waals surface area contributed by atoms with Crippen LogP contribution in [0.5, 0.6) is 5.75 Å². The quantitative estimate of drug-likeness (QED) is 0.213. The van der Waals surface area contributed by atoms with Crippen LogP contribution in [0.3, 0.4) is 0 Å². The van der Waals surface area contributed by atoms with Crippen molar-refractivity contribution in [3.8, 4) is 5.75 Å². The Hall–Kier alpha value is -4.12. The highest BCUT2D eigenvalue weighted by atomic mass is 16.7. The first-order valence-corrected chi connectivity index (χ1v) is 11.4. The number of hydrogen-bond donors (Lipinski definition) is 0. The van der Waals surface area contributed by atoms with Crippen molar-refractivity contribution < 1.29 is 19.1 Å². The fraction of sp³-hybridized carbons (Fsp3) is 0.172. The summed E-state index contributed by atoms with van der Waals surface area (Å²) in [5, 5.41) is 1.75. The van der Waals surface area contributed by atoms with E-state index in [0.29, 0.717) is 12.1 Å². The van der Waals surface area contributed by atoms with Gasteiger partial charge in [0.05, 0.1) is 5.56 Å². The summed E-state index contributed by atoms with van der Waals surface area (Å²) in [6, 6.07) is 30.1. The van der Waals surface area contributed by atoms with Gasteiger partial charge in [-0.1, -0.05) is 86.1 Å². The fourth-order valence-electron chi connectivity index (χ4n) is 3.72. The zero-order valence-electron chi connectivity index (χ0n) is 19.1. The molecule has 0 saturated heterocycles. The molecule has 172 valence electrons. The van der Waals surface area contributed by atoms with Gasteiger partial charge in [-0.15, -0.1) is 0 Å². The molecule has 34 heavy (non-hydrogen) atoms. The average Bonchev–Trinajstić information content (AvgIpc) is 2.88. The Kier molecular flexibility index (Phi) is 7.56. The topological polar surface area (TPSA) is 55.8 Å². The average molecular weight is 454 g/mol. The number of anilines is 1. The largest absolute Gasteiger partial charge is 0.514 e. The fourth-order valence-corrected chi connectivity index (χ4v) is 3.72. The number of amides is 1. The van der Waals surface area contributed by atoms with Crippen LogP contribution < -0.4 is 9.64 Å². The van der Waals surface area contributed by atoms with Crippen molar-refractivity contribution >= 4 is 28.5 Å². The predicted molar refractivity (Wildman–Crippen MR) is 134 cm³/mol. The smallest absolute Gasteiger partial charge is 0.429 e. The maximum atomic E-state index is 13.8. The van der Waals surface area contributed by atoms with Crippen LogP contribution in [0.15, 0.2) is 97.1 Å². The molecule has 0 radical (unpaired) electrons. The van der Waals surface area contributed by atoms with E-state index in [1.165, 1.54) is 0 Å². The number of carbonyl (C=O) groups is 2. The molecule has 0 heterocycles. The number of carbonyl (C=O) groups excluding carboxylic acids is 2. The molecular formula is C29H27NO4. The number of fused-ring (bicyclic) bond motifs is 1. The van der Waals surface area contributed by atoms with Gasteiger partial charge in [-0.2, -0.15) is 0 Å². The molecule has 0 aliphatic rings. The van der Waals surface area contributed by atoms with E-state index >= 15 is 0 Å². The molecule has 0 aliphatic carbocycles. The first kappa shape index (κ1) is 23.1. The second kappa shape index (κ2) is 11.1. The molecule has 5 nitrogen and oxygen atoms in total. The van der Waals surface area contributed by atoms with Crippen molar-refractivity contribution in [2.75, 3.05) is 11.4 Å². The first-order valence-electron chi connectivity index (χ1n) is 11.4. The highest BCUT2D eigenvalue weighted by Crippen LogP contribution is 2.29. The second-order valence-electron chi connectivity index (χ2n) is 7.97. The molecule has 4 aromatic rings. The summed E-state index contributed by atoms with van der Waals surface area (Å²) in [5.41, 5.74) is 1.96. The highest BCUT2D eigenvalue weighted by molar-refractivity contribution is 6.10. The molecule has 0 N–H and O–H groups in total. The number of nitrogens with zero attached hydrogens (tertiary/aromatic N) is 1. The summed E-state index contributed by atoms with van der Waals surface area (Å²) < 4.78 is 10.9. The number of ether oxygens (including phenoxy) is 2. The van der Waals surface area contributed by atoms with Crippen molar-refractivity contribution in [2.45, 2.75) is 26.4 Å². The highest BCUT2D eigenvalue weighted by Gasteiger charge is 2.23. The molecule has 0 unspecified atom stereocenters. The van der Waals surface area contributed by atoms with Gasteiger partial charge in [0.15, 0.2) is 0 Å². The number of unbranched alkanes of at least 4 members (excludes halogenated alkanes) is 1. The SMILES string of the molecule is CCCCN(C(=O)c1cc2ccccc2cc1OC(=O)OCc1ccccc1)c1ccccc1. The zero-order valence-corrected chi connectivity index (χ0v) is 19.1. The van der Waals surface area contributed by atoms with Crippen LogP contribution in [0.25, 0.3) is 10.8 Å². The van der Waals surface area contributed by atoms with Gasteiger partial charge in [-0.05, 0) is 47.0 Å². The van der Waals surface area contributed by atoms with Crippen molar-refractivity contribution in [3.63, 3.8) is 0 Å². The Morgan fingerprint density at radius 3 is 2.09 bits per heavy atom. The van der Waals surface area contributed by atoms with Crippen LogP contribution in [-0.4, -0.2) is 18.6 Å². The van der Waals surface area contributed by atoms with E-state index in [1.807, 2.05) is 84.9 Å². The van der Waals surface area contributed by atoms with Crippen LogP contribution in [0.4, 0.5) is 10.5 Å². The lowest BCUT2D eigenvalue weighted by Gasteiger charge is -2.24. The number of hydrogen-bond acceptors (Lipinski definition) is 4. The summed E-state index contributed by atoms with van der Waals surface area (Å²) in [7, 11) is 0. The van der Waals surface area contributed by atoms with E-state index in [-0.39, 0.29) is 18.3 Å². The number of rotatable bonds is 8. The van der Waals surface area contributed by atoms with Gasteiger partial charge in [0.1, 0.15) is 12.4 Å². The van der Waals surface area contributed by atoms with Gasteiger partial charge in [-0.25, -0.2) is 4.79 Å². The van der Waals surface area contributed by atoms with E-state index in [1.54, 1.807) is 17.0 Å². The minimum absolute atomic E-state index is 0.0865. The van der Waals surface area contributed by atoms with Crippen LogP contribution >= 0.6 is 0 Å². The molecular weight excluding hydrogens is 426 g/mol. The Bertz CT molecular complexity index is 1260. The standard InChI is InChI=1S/C29H27NO4/c1-2-3-18-30(25-16-8-5-9-17-25)28(31)26-19-23-14-10-11-15-24(23)20-27(26)34-29(32)33-21-22-12-6-4-7-13-22/h4-17,19-20H,2-3,18,21H2,1H3. The van der Waals surface area contributed by atoms with Crippen molar-refractivity contribution in [1.29, 1.82) is 0 Å². The number of para-hydroxylation sites is 1. The van der Waals surface area contributed by atoms with Crippen molar-refractivity contribution in [1.82, 2.24) is 0 Å². The second-order valence-corrected chi connectivity index (χ2v) is 7.97. The lowest BCUT2D eigenvalue weighted by Crippen LogP contribution is -2.32. The van der Waals surface area contributed by atoms with E-state index < -0.39 is 6.16 Å². The minimum atomic E-state index is -0.854. The van der Waals surface area contributed by atoms with Gasteiger partial charge in [-0.3, -0.25) is 4.79 Å². The summed E-state index contributed by atoms with van der Waals surface area (Å²) in [6.07, 6.45) is 0.945. The minimum Gasteiger partial charge on any atom is -0.429 e. The third-order valence-corrected chi connectivity index (χ3v) is 5.52. The molecule has 0 atom stereocenters. The van der Waals surface area contributed by atoms with Crippen LogP contribution in [0, 0.1) is 0 Å². The zero-order chi connectivity index (χ0) is 23.8. The van der Waals surface area contributed by atoms with Gasteiger partial charge in [0.2, 0.25) is 0 Å². The van der Waals surface area contributed by atoms with Gasteiger partial charge >= 0.3 is 6.16 Å². The van der Waals surface area contributed by atoms with Crippen molar-refractivity contribution in [2.24, 2.45) is 0 Å². The normalized spacial score (nSPS) is 10.6. The Morgan fingerprint density at radius 1 is 0.794 bits per heavy atom. The molecule has 4 rings (SSSR count). The van der Waals surface area contributed by atoms with Crippen LogP contribution in [-0.2, 0) is 11.3 Å². The summed E-state index contributed by atoms with van der Waals surface area (Å²) in [5.74, 6) is -0.0459. The maximum Gasteiger partial charge on any atom is 0.514 e. The Labute approximate surface area is 199 Å². The molecule has 0 spiro atoms. The summed E-state index contributed by atoms with van der Waals surface area (Å²) in [6.45, 7) is 2.73. The lowest BCUT2D eigenvalue weighted by atomic mass is 10.0. The molecule has 0 fully saturated rings. The summed E-state index contributed by atoms with van der Waals surface area (Å²) >= 11 is 0. The van der Waals surface area contributed by atoms with Crippen LogP contribution in [0.1, 0.15) is 35.7 Å². The molecule has 0 aromatic heterocycles. The number of benzene rings is 4. The lowest BCUT2D eigenvalue weighted by molar-refractivity contribution is 0.0910. The molecule has 0 bridgehead atoms. The third-order valence-electron chi connectivity index (χ3n) is 5.52. The van der Waals surface area contributed by atoms with Gasteiger partial charge in [0, 0.05) is 12.2 Å². The van der Waals surface area contributed by atoms with Crippen molar-refractivity contribution in [3.05, 3.63) is 108 Å². The molecule has 0 aliphatic heterocycles. The Balaban J connectivity index is 1.65. The predicted octanol–water partition coefficient (Wildman–Crippen LogP) is 7.00. The summed E-state index contributed by atoms with van der Waals surface area (Å²) in [4.78, 5) is 28.0. The van der Waals surface area contributed by atoms with E-state index in [9.17, 15) is 9.59 Å². The maximum absolute atomic E-state index is 13.8. The van der Waals surface area contributed by atoms with Gasteiger partial charge < -0.3 is 14.4 Å². The molecule has 4 aromatic carbocycles. The van der Waals surface area contributed by atoms with E-state index in [0.717, 1.165) is 34.9 Å². The molecule has 5 heteroatoms.